The molecule has 0 saturated heterocycles. The van der Waals surface area contributed by atoms with E-state index in [0.29, 0.717) is 16.3 Å². The smallest absolute Gasteiger partial charge is 0.406 e. The molecule has 216 valence electrons. The number of alkyl halides is 3. The molecule has 0 fully saturated rings. The third-order valence-electron chi connectivity index (χ3n) is 6.53. The molecule has 2 aromatic heterocycles. The van der Waals surface area contributed by atoms with Crippen molar-refractivity contribution in [1.82, 2.24) is 24.6 Å². The number of ether oxygens (including phenoxy) is 1. The van der Waals surface area contributed by atoms with Gasteiger partial charge in [0.15, 0.2) is 10.6 Å². The fraction of sp³-hybridized carbons (Fsp3) is 0.200. The van der Waals surface area contributed by atoms with Gasteiger partial charge in [-0.05, 0) is 61.7 Å². The molecule has 12 heteroatoms. The van der Waals surface area contributed by atoms with Crippen LogP contribution in [0.5, 0.6) is 5.75 Å². The highest BCUT2D eigenvalue weighted by Crippen LogP contribution is 2.24. The molecule has 5 rings (SSSR count). The quantitative estimate of drug-likeness (QED) is 0.222. The first-order chi connectivity index (χ1) is 20.1. The van der Waals surface area contributed by atoms with Crippen molar-refractivity contribution in [1.29, 1.82) is 0 Å². The van der Waals surface area contributed by atoms with Crippen LogP contribution in [-0.4, -0.2) is 31.7 Å². The first kappa shape index (κ1) is 28.8. The Balaban J connectivity index is 1.27. The third kappa shape index (κ3) is 6.60. The van der Waals surface area contributed by atoms with Gasteiger partial charge in [-0.1, -0.05) is 49.4 Å². The zero-order valence-corrected chi connectivity index (χ0v) is 23.8. The van der Waals surface area contributed by atoms with E-state index in [9.17, 15) is 18.0 Å². The molecule has 0 aliphatic rings. The van der Waals surface area contributed by atoms with Crippen LogP contribution in [0.15, 0.2) is 89.5 Å². The first-order valence-corrected chi connectivity index (χ1v) is 14.0. The van der Waals surface area contributed by atoms with Gasteiger partial charge in [-0.2, -0.15) is 4.99 Å². The summed E-state index contributed by atoms with van der Waals surface area (Å²) in [5.74, 6) is 0.122. The lowest BCUT2D eigenvalue weighted by atomic mass is 10.1. The number of nitrogens with one attached hydrogen (secondary N) is 1. The van der Waals surface area contributed by atoms with E-state index in [1.165, 1.54) is 52.2 Å². The largest absolute Gasteiger partial charge is 0.573 e. The van der Waals surface area contributed by atoms with Crippen molar-refractivity contribution in [2.24, 2.45) is 4.99 Å². The standard InChI is InChI=1S/C30H27F3N6O2S/c1-4-21-7-5-6-8-26(21)39-19(2)17-42-29(39)36-28(40)35-20(3)22-9-11-23(12-10-22)27-34-18-38(37-27)24-13-15-25(16-14-24)41-30(31,32)33/h5-18,20H,4H2,1-3H3,(H,35,40). The van der Waals surface area contributed by atoms with Crippen molar-refractivity contribution in [2.75, 3.05) is 0 Å². The fourth-order valence-electron chi connectivity index (χ4n) is 4.42. The van der Waals surface area contributed by atoms with Gasteiger partial charge in [0.25, 0.3) is 0 Å². The molecule has 0 radical (unpaired) electrons. The van der Waals surface area contributed by atoms with E-state index in [1.54, 1.807) is 0 Å². The maximum atomic E-state index is 12.9. The highest BCUT2D eigenvalue weighted by Gasteiger charge is 2.31. The molecule has 1 unspecified atom stereocenters. The van der Waals surface area contributed by atoms with E-state index in [4.69, 9.17) is 0 Å². The number of benzene rings is 3. The fourth-order valence-corrected chi connectivity index (χ4v) is 5.29. The van der Waals surface area contributed by atoms with Crippen LogP contribution in [0.3, 0.4) is 0 Å². The molecular weight excluding hydrogens is 565 g/mol. The summed E-state index contributed by atoms with van der Waals surface area (Å²) in [5.41, 5.74) is 5.32. The van der Waals surface area contributed by atoms with Gasteiger partial charge in [-0.25, -0.2) is 14.5 Å². The molecule has 2 heterocycles. The minimum Gasteiger partial charge on any atom is -0.406 e. The molecule has 1 N–H and O–H groups in total. The molecule has 1 atom stereocenters. The number of hydrogen-bond acceptors (Lipinski definition) is 5. The number of amides is 2. The number of thiazole rings is 1. The van der Waals surface area contributed by atoms with Crippen molar-refractivity contribution in [3.63, 3.8) is 0 Å². The van der Waals surface area contributed by atoms with Crippen LogP contribution in [0.1, 0.15) is 36.7 Å². The molecule has 3 aromatic carbocycles. The van der Waals surface area contributed by atoms with Crippen LogP contribution in [0, 0.1) is 6.92 Å². The molecule has 5 aromatic rings. The monoisotopic (exact) mass is 592 g/mol. The number of carbonyl (C=O) groups is 1. The summed E-state index contributed by atoms with van der Waals surface area (Å²) >= 11 is 1.41. The number of urea groups is 1. The average molecular weight is 593 g/mol. The average Bonchev–Trinajstić information content (AvgIpc) is 3.59. The Hall–Kier alpha value is -4.71. The number of aryl methyl sites for hydroxylation is 2. The topological polar surface area (TPSA) is 86.3 Å². The Morgan fingerprint density at radius 2 is 1.79 bits per heavy atom. The van der Waals surface area contributed by atoms with Gasteiger partial charge < -0.3 is 10.1 Å². The SMILES string of the molecule is CCc1ccccc1-n1c(C)csc1=NC(=O)NC(C)c1ccc(-c2ncn(-c3ccc(OC(F)(F)F)cc3)n2)cc1. The number of para-hydroxylation sites is 1. The molecule has 0 aliphatic heterocycles. The van der Waals surface area contributed by atoms with E-state index < -0.39 is 12.4 Å². The summed E-state index contributed by atoms with van der Waals surface area (Å²) < 4.78 is 44.6. The van der Waals surface area contributed by atoms with Crippen LogP contribution in [0.2, 0.25) is 0 Å². The lowest BCUT2D eigenvalue weighted by Gasteiger charge is -2.13. The summed E-state index contributed by atoms with van der Waals surface area (Å²) in [5, 5.41) is 9.34. The zero-order valence-electron chi connectivity index (χ0n) is 23.0. The lowest BCUT2D eigenvalue weighted by Crippen LogP contribution is -2.27. The second kappa shape index (κ2) is 12.0. The summed E-state index contributed by atoms with van der Waals surface area (Å²) in [6.45, 7) is 5.96. The third-order valence-corrected chi connectivity index (χ3v) is 7.47. The molecule has 2 amide bonds. The summed E-state index contributed by atoms with van der Waals surface area (Å²) in [6.07, 6.45) is -2.42. The van der Waals surface area contributed by atoms with Crippen molar-refractivity contribution in [3.05, 3.63) is 106 Å². The van der Waals surface area contributed by atoms with Crippen molar-refractivity contribution < 1.29 is 22.7 Å². The van der Waals surface area contributed by atoms with Gasteiger partial charge in [0.1, 0.15) is 12.1 Å². The number of halogens is 3. The van der Waals surface area contributed by atoms with E-state index in [2.05, 4.69) is 38.1 Å². The van der Waals surface area contributed by atoms with E-state index >= 15 is 0 Å². The van der Waals surface area contributed by atoms with E-state index in [1.807, 2.05) is 66.3 Å². The molecule has 42 heavy (non-hydrogen) atoms. The minimum absolute atomic E-state index is 0.310. The van der Waals surface area contributed by atoms with Gasteiger partial charge in [0.05, 0.1) is 17.4 Å². The summed E-state index contributed by atoms with van der Waals surface area (Å²) in [6, 6.07) is 20.1. The van der Waals surface area contributed by atoms with Crippen molar-refractivity contribution in [3.8, 4) is 28.5 Å². The maximum absolute atomic E-state index is 12.9. The Morgan fingerprint density at radius 1 is 1.07 bits per heavy atom. The number of hydrogen-bond donors (Lipinski definition) is 1. The van der Waals surface area contributed by atoms with Gasteiger partial charge in [0.2, 0.25) is 0 Å². The van der Waals surface area contributed by atoms with Crippen LogP contribution in [-0.2, 0) is 6.42 Å². The van der Waals surface area contributed by atoms with Crippen LogP contribution in [0.4, 0.5) is 18.0 Å². The van der Waals surface area contributed by atoms with E-state index in [-0.39, 0.29) is 11.8 Å². The Bertz CT molecular complexity index is 1760. The molecule has 8 nitrogen and oxygen atoms in total. The van der Waals surface area contributed by atoms with Crippen LogP contribution >= 0.6 is 11.3 Å². The molecular formula is C30H27F3N6O2S. The van der Waals surface area contributed by atoms with E-state index in [0.717, 1.165) is 28.9 Å². The van der Waals surface area contributed by atoms with Gasteiger partial charge >= 0.3 is 12.4 Å². The second-order valence-corrected chi connectivity index (χ2v) is 10.3. The summed E-state index contributed by atoms with van der Waals surface area (Å²) in [7, 11) is 0. The first-order valence-electron chi connectivity index (χ1n) is 13.1. The van der Waals surface area contributed by atoms with Gasteiger partial charge in [-0.3, -0.25) is 4.57 Å². The number of aromatic nitrogens is 4. The van der Waals surface area contributed by atoms with Crippen molar-refractivity contribution in [2.45, 2.75) is 39.6 Å². The second-order valence-electron chi connectivity index (χ2n) is 9.44. The Kier molecular flexibility index (Phi) is 8.25. The summed E-state index contributed by atoms with van der Waals surface area (Å²) in [4.78, 5) is 22.2. The predicted molar refractivity (Wildman–Crippen MR) is 154 cm³/mol. The minimum atomic E-state index is -4.75. The molecule has 0 bridgehead atoms. The van der Waals surface area contributed by atoms with Gasteiger partial charge in [-0.15, -0.1) is 29.6 Å². The number of nitrogens with zero attached hydrogens (tertiary/aromatic N) is 5. The predicted octanol–water partition coefficient (Wildman–Crippen LogP) is 6.93. The highest BCUT2D eigenvalue weighted by atomic mass is 32.1. The highest BCUT2D eigenvalue weighted by molar-refractivity contribution is 7.07. The maximum Gasteiger partial charge on any atom is 0.573 e. The normalized spacial score (nSPS) is 12.8. The molecule has 0 spiro atoms. The van der Waals surface area contributed by atoms with Gasteiger partial charge in [0, 0.05) is 16.6 Å². The van der Waals surface area contributed by atoms with Crippen LogP contribution < -0.4 is 14.9 Å². The number of rotatable bonds is 7. The molecule has 0 aliphatic carbocycles. The Morgan fingerprint density at radius 3 is 2.48 bits per heavy atom. The Labute approximate surface area is 243 Å². The van der Waals surface area contributed by atoms with Crippen LogP contribution in [0.25, 0.3) is 22.8 Å². The van der Waals surface area contributed by atoms with Crippen molar-refractivity contribution >= 4 is 17.4 Å². The number of carbonyl (C=O) groups excluding carboxylic acids is 1. The zero-order chi connectivity index (χ0) is 29.9. The lowest BCUT2D eigenvalue weighted by molar-refractivity contribution is -0.274. The molecule has 0 saturated carbocycles.